The van der Waals surface area contributed by atoms with E-state index in [2.05, 4.69) is 0 Å². The third kappa shape index (κ3) is 3.71. The fourth-order valence-electron chi connectivity index (χ4n) is 0.350. The van der Waals surface area contributed by atoms with Crippen LogP contribution in [0.15, 0.2) is 23.3 Å². The molecule has 0 heterocycles. The van der Waals surface area contributed by atoms with Gasteiger partial charge in [-0.1, -0.05) is 17.2 Å². The molecule has 0 spiro atoms. The molecule has 0 aliphatic carbocycles. The molecule has 0 aromatic rings. The van der Waals surface area contributed by atoms with Crippen LogP contribution in [0.2, 0.25) is 0 Å². The van der Waals surface area contributed by atoms with Crippen LogP contribution >= 0.6 is 0 Å². The second-order valence-electron chi connectivity index (χ2n) is 2.18. The molecule has 0 N–H and O–H groups in total. The van der Waals surface area contributed by atoms with E-state index in [-0.39, 0.29) is 0 Å². The molecule has 1 nitrogen and oxygen atoms in total. The van der Waals surface area contributed by atoms with E-state index in [9.17, 15) is 4.79 Å². The molecular weight excluding hydrogens is 112 g/mol. The average Bonchev–Trinajstić information content (AvgIpc) is 1.82. The van der Waals surface area contributed by atoms with E-state index in [0.29, 0.717) is 0 Å². The van der Waals surface area contributed by atoms with Crippen LogP contribution in [0, 0.1) is 0 Å². The van der Waals surface area contributed by atoms with Gasteiger partial charge in [0.05, 0.1) is 0 Å². The maximum atomic E-state index is 9.82. The number of hydrogen-bond donors (Lipinski definition) is 0. The topological polar surface area (TPSA) is 17.1 Å². The van der Waals surface area contributed by atoms with Crippen molar-refractivity contribution in [3.05, 3.63) is 23.3 Å². The Bertz CT molecular complexity index is 148. The first kappa shape index (κ1) is 8.15. The van der Waals surface area contributed by atoms with Gasteiger partial charge in [-0.3, -0.25) is 4.79 Å². The van der Waals surface area contributed by atoms with Gasteiger partial charge in [0.1, 0.15) is 6.29 Å². The molecule has 0 atom stereocenters. The van der Waals surface area contributed by atoms with Crippen LogP contribution in [0.5, 0.6) is 0 Å². The monoisotopic (exact) mass is 124 g/mol. The standard InChI is InChI=1S/C8H12O/c1-7(2)8(3)5-4-6-9/h4-6H,1-3H3/b5-4+. The van der Waals surface area contributed by atoms with Gasteiger partial charge >= 0.3 is 0 Å². The van der Waals surface area contributed by atoms with Gasteiger partial charge in [0.25, 0.3) is 0 Å². The van der Waals surface area contributed by atoms with Crippen molar-refractivity contribution in [3.63, 3.8) is 0 Å². The quantitative estimate of drug-likeness (QED) is 0.313. The summed E-state index contributed by atoms with van der Waals surface area (Å²) in [6, 6.07) is 0. The first-order chi connectivity index (χ1) is 4.18. The molecule has 0 aliphatic heterocycles. The fraction of sp³-hybridized carbons (Fsp3) is 0.375. The molecular formula is C8H12O. The van der Waals surface area contributed by atoms with Crippen molar-refractivity contribution >= 4 is 6.29 Å². The Hall–Kier alpha value is -0.850. The summed E-state index contributed by atoms with van der Waals surface area (Å²) in [5.74, 6) is 0. The molecule has 0 aliphatic rings. The number of carbonyl (C=O) groups excluding carboxylic acids is 1. The van der Waals surface area contributed by atoms with Gasteiger partial charge in [0, 0.05) is 0 Å². The zero-order valence-electron chi connectivity index (χ0n) is 6.14. The van der Waals surface area contributed by atoms with Crippen LogP contribution < -0.4 is 0 Å². The van der Waals surface area contributed by atoms with Gasteiger partial charge in [0.15, 0.2) is 0 Å². The van der Waals surface area contributed by atoms with E-state index in [1.54, 1.807) is 0 Å². The average molecular weight is 124 g/mol. The van der Waals surface area contributed by atoms with E-state index in [4.69, 9.17) is 0 Å². The van der Waals surface area contributed by atoms with E-state index >= 15 is 0 Å². The lowest BCUT2D eigenvalue weighted by molar-refractivity contribution is -0.104. The molecule has 0 saturated carbocycles. The van der Waals surface area contributed by atoms with Gasteiger partial charge < -0.3 is 0 Å². The smallest absolute Gasteiger partial charge is 0.142 e. The van der Waals surface area contributed by atoms with Crippen LogP contribution in [0.4, 0.5) is 0 Å². The normalized spacial score (nSPS) is 9.67. The predicted octanol–water partition coefficient (Wildman–Crippen LogP) is 2.10. The minimum absolute atomic E-state index is 0.784. The van der Waals surface area contributed by atoms with Crippen molar-refractivity contribution in [3.8, 4) is 0 Å². The maximum Gasteiger partial charge on any atom is 0.142 e. The molecule has 50 valence electrons. The molecule has 0 fully saturated rings. The second-order valence-corrected chi connectivity index (χ2v) is 2.18. The van der Waals surface area contributed by atoms with Crippen molar-refractivity contribution in [2.24, 2.45) is 0 Å². The summed E-state index contributed by atoms with van der Waals surface area (Å²) in [5.41, 5.74) is 2.40. The van der Waals surface area contributed by atoms with Crippen molar-refractivity contribution in [1.82, 2.24) is 0 Å². The van der Waals surface area contributed by atoms with Crippen molar-refractivity contribution in [1.29, 1.82) is 0 Å². The molecule has 9 heavy (non-hydrogen) atoms. The second kappa shape index (κ2) is 4.07. The molecule has 0 saturated heterocycles. The Morgan fingerprint density at radius 2 is 1.78 bits per heavy atom. The number of hydrogen-bond acceptors (Lipinski definition) is 1. The van der Waals surface area contributed by atoms with Crippen molar-refractivity contribution in [2.75, 3.05) is 0 Å². The van der Waals surface area contributed by atoms with E-state index in [1.807, 2.05) is 26.8 Å². The highest BCUT2D eigenvalue weighted by atomic mass is 16.1. The number of allylic oxidation sites excluding steroid dienone is 4. The van der Waals surface area contributed by atoms with E-state index < -0.39 is 0 Å². The molecule has 0 rings (SSSR count). The predicted molar refractivity (Wildman–Crippen MR) is 39.3 cm³/mol. The van der Waals surface area contributed by atoms with Gasteiger partial charge in [-0.25, -0.2) is 0 Å². The number of carbonyl (C=O) groups is 1. The molecule has 0 unspecified atom stereocenters. The summed E-state index contributed by atoms with van der Waals surface area (Å²) < 4.78 is 0. The number of aldehydes is 1. The van der Waals surface area contributed by atoms with E-state index in [0.717, 1.165) is 11.9 Å². The van der Waals surface area contributed by atoms with Crippen LogP contribution in [0.1, 0.15) is 20.8 Å². The Morgan fingerprint density at radius 3 is 2.11 bits per heavy atom. The summed E-state index contributed by atoms with van der Waals surface area (Å²) in [6.45, 7) is 6.02. The van der Waals surface area contributed by atoms with Crippen LogP contribution in [0.25, 0.3) is 0 Å². The molecule has 0 amide bonds. The van der Waals surface area contributed by atoms with Gasteiger partial charge in [-0.05, 0) is 26.8 Å². The molecule has 1 heteroatoms. The third-order valence-corrected chi connectivity index (χ3v) is 1.21. The summed E-state index contributed by atoms with van der Waals surface area (Å²) in [5, 5.41) is 0. The summed E-state index contributed by atoms with van der Waals surface area (Å²) in [6.07, 6.45) is 4.09. The zero-order chi connectivity index (χ0) is 7.28. The summed E-state index contributed by atoms with van der Waals surface area (Å²) in [7, 11) is 0. The minimum Gasteiger partial charge on any atom is -0.299 e. The van der Waals surface area contributed by atoms with Gasteiger partial charge in [-0.15, -0.1) is 0 Å². The minimum atomic E-state index is 0.784. The summed E-state index contributed by atoms with van der Waals surface area (Å²) in [4.78, 5) is 9.82. The SMILES string of the molecule is CC(C)=C(C)/C=C/C=O. The number of rotatable bonds is 2. The molecule has 0 bridgehead atoms. The van der Waals surface area contributed by atoms with E-state index in [1.165, 1.54) is 11.6 Å². The molecule has 0 aromatic carbocycles. The first-order valence-corrected chi connectivity index (χ1v) is 2.94. The van der Waals surface area contributed by atoms with Gasteiger partial charge in [0.2, 0.25) is 0 Å². The maximum absolute atomic E-state index is 9.82. The third-order valence-electron chi connectivity index (χ3n) is 1.21. The highest BCUT2D eigenvalue weighted by molar-refractivity contribution is 5.65. The van der Waals surface area contributed by atoms with Crippen LogP contribution in [-0.2, 0) is 4.79 Å². The lowest BCUT2D eigenvalue weighted by Gasteiger charge is -1.91. The van der Waals surface area contributed by atoms with Crippen molar-refractivity contribution < 1.29 is 4.79 Å². The Kier molecular flexibility index (Phi) is 3.69. The fourth-order valence-corrected chi connectivity index (χ4v) is 0.350. The largest absolute Gasteiger partial charge is 0.299 e. The zero-order valence-corrected chi connectivity index (χ0v) is 6.14. The lowest BCUT2D eigenvalue weighted by Crippen LogP contribution is -1.72. The van der Waals surface area contributed by atoms with Crippen molar-refractivity contribution in [2.45, 2.75) is 20.8 Å². The Labute approximate surface area is 56.1 Å². The molecule has 0 aromatic heterocycles. The van der Waals surface area contributed by atoms with Crippen LogP contribution in [-0.4, -0.2) is 6.29 Å². The summed E-state index contributed by atoms with van der Waals surface area (Å²) >= 11 is 0. The highest BCUT2D eigenvalue weighted by Gasteiger charge is 1.81. The Morgan fingerprint density at radius 1 is 1.22 bits per heavy atom. The highest BCUT2D eigenvalue weighted by Crippen LogP contribution is 2.01. The first-order valence-electron chi connectivity index (χ1n) is 2.94. The molecule has 0 radical (unpaired) electrons. The lowest BCUT2D eigenvalue weighted by atomic mass is 10.2. The van der Waals surface area contributed by atoms with Crippen LogP contribution in [0.3, 0.4) is 0 Å². The Balaban J connectivity index is 4.06. The van der Waals surface area contributed by atoms with Gasteiger partial charge in [-0.2, -0.15) is 0 Å².